The highest BCUT2D eigenvalue weighted by atomic mass is 16.5. The van der Waals surface area contributed by atoms with Gasteiger partial charge in [0.2, 0.25) is 0 Å². The van der Waals surface area contributed by atoms with Gasteiger partial charge in [0, 0.05) is 26.8 Å². The van der Waals surface area contributed by atoms with Crippen molar-refractivity contribution in [2.45, 2.75) is 19.4 Å². The van der Waals surface area contributed by atoms with Crippen LogP contribution in [0.4, 0.5) is 4.79 Å². The molecular formula is C14H20N2O4. The third-order valence-corrected chi connectivity index (χ3v) is 2.69. The largest absolute Gasteiger partial charge is 0.478 e. The summed E-state index contributed by atoms with van der Waals surface area (Å²) < 4.78 is 4.91. The molecule has 110 valence electrons. The van der Waals surface area contributed by atoms with Crippen molar-refractivity contribution in [3.63, 3.8) is 0 Å². The van der Waals surface area contributed by atoms with E-state index >= 15 is 0 Å². The first kappa shape index (κ1) is 16.0. The molecule has 0 fully saturated rings. The Morgan fingerprint density at radius 2 is 2.05 bits per heavy atom. The van der Waals surface area contributed by atoms with Crippen LogP contribution in [-0.4, -0.2) is 37.4 Å². The molecule has 1 aromatic carbocycles. The molecule has 0 unspecified atom stereocenters. The first-order valence-corrected chi connectivity index (χ1v) is 6.46. The number of carbonyl (C=O) groups is 2. The van der Waals surface area contributed by atoms with E-state index in [0.29, 0.717) is 19.7 Å². The van der Waals surface area contributed by atoms with Crippen LogP contribution >= 0.6 is 0 Å². The molecule has 0 radical (unpaired) electrons. The Morgan fingerprint density at radius 3 is 2.75 bits per heavy atom. The highest BCUT2D eigenvalue weighted by Crippen LogP contribution is 2.04. The number of hydrogen-bond donors (Lipinski definition) is 3. The van der Waals surface area contributed by atoms with Crippen molar-refractivity contribution >= 4 is 12.0 Å². The molecule has 2 amide bonds. The Labute approximate surface area is 118 Å². The zero-order valence-corrected chi connectivity index (χ0v) is 11.5. The fourth-order valence-electron chi connectivity index (χ4n) is 1.63. The zero-order valence-electron chi connectivity index (χ0n) is 11.5. The summed E-state index contributed by atoms with van der Waals surface area (Å²) in [5.74, 6) is -0.977. The summed E-state index contributed by atoms with van der Waals surface area (Å²) in [7, 11) is 1.64. The first-order valence-electron chi connectivity index (χ1n) is 6.46. The second-order valence-electron chi connectivity index (χ2n) is 4.31. The highest BCUT2D eigenvalue weighted by molar-refractivity contribution is 5.87. The van der Waals surface area contributed by atoms with E-state index in [1.807, 2.05) is 0 Å². The Balaban J connectivity index is 2.27. The minimum Gasteiger partial charge on any atom is -0.478 e. The van der Waals surface area contributed by atoms with E-state index in [2.05, 4.69) is 10.6 Å². The van der Waals surface area contributed by atoms with Gasteiger partial charge in [0.15, 0.2) is 0 Å². The van der Waals surface area contributed by atoms with Crippen LogP contribution in [0.2, 0.25) is 0 Å². The van der Waals surface area contributed by atoms with Crippen molar-refractivity contribution in [2.24, 2.45) is 0 Å². The maximum Gasteiger partial charge on any atom is 0.335 e. The second kappa shape index (κ2) is 8.92. The lowest BCUT2D eigenvalue weighted by Crippen LogP contribution is -2.35. The third kappa shape index (κ3) is 6.19. The van der Waals surface area contributed by atoms with Gasteiger partial charge in [-0.15, -0.1) is 0 Å². The number of carboxylic acids is 1. The highest BCUT2D eigenvalue weighted by Gasteiger charge is 2.04. The molecule has 0 heterocycles. The van der Waals surface area contributed by atoms with Gasteiger partial charge >= 0.3 is 12.0 Å². The van der Waals surface area contributed by atoms with Crippen molar-refractivity contribution in [2.75, 3.05) is 20.3 Å². The van der Waals surface area contributed by atoms with Crippen molar-refractivity contribution in [3.05, 3.63) is 35.4 Å². The van der Waals surface area contributed by atoms with Crippen molar-refractivity contribution in [1.82, 2.24) is 10.6 Å². The van der Waals surface area contributed by atoms with Gasteiger partial charge in [-0.2, -0.15) is 0 Å². The minimum absolute atomic E-state index is 0.212. The van der Waals surface area contributed by atoms with Gasteiger partial charge in [0.25, 0.3) is 0 Å². The molecule has 0 saturated heterocycles. The van der Waals surface area contributed by atoms with Gasteiger partial charge in [-0.1, -0.05) is 12.1 Å². The quantitative estimate of drug-likeness (QED) is 0.631. The van der Waals surface area contributed by atoms with Gasteiger partial charge < -0.3 is 20.5 Å². The van der Waals surface area contributed by atoms with Gasteiger partial charge in [0.1, 0.15) is 0 Å². The van der Waals surface area contributed by atoms with Gasteiger partial charge in [0.05, 0.1) is 5.56 Å². The van der Waals surface area contributed by atoms with Gasteiger partial charge in [-0.3, -0.25) is 0 Å². The number of amides is 2. The Bertz CT molecular complexity index is 449. The topological polar surface area (TPSA) is 87.7 Å². The summed E-state index contributed by atoms with van der Waals surface area (Å²) in [5.41, 5.74) is 0.962. The summed E-state index contributed by atoms with van der Waals surface area (Å²) in [6.07, 6.45) is 1.76. The lowest BCUT2D eigenvalue weighted by Gasteiger charge is -2.08. The van der Waals surface area contributed by atoms with E-state index in [4.69, 9.17) is 9.84 Å². The average Bonchev–Trinajstić information content (AvgIpc) is 2.45. The zero-order chi connectivity index (χ0) is 14.8. The van der Waals surface area contributed by atoms with Crippen molar-refractivity contribution in [3.8, 4) is 0 Å². The summed E-state index contributed by atoms with van der Waals surface area (Å²) in [5, 5.41) is 14.3. The molecule has 0 aliphatic rings. The lowest BCUT2D eigenvalue weighted by molar-refractivity contribution is 0.0696. The number of aromatic carboxylic acids is 1. The van der Waals surface area contributed by atoms with E-state index in [0.717, 1.165) is 18.4 Å². The molecule has 20 heavy (non-hydrogen) atoms. The summed E-state index contributed by atoms with van der Waals surface area (Å²) in [6.45, 7) is 1.57. The third-order valence-electron chi connectivity index (χ3n) is 2.69. The predicted molar refractivity (Wildman–Crippen MR) is 74.7 cm³/mol. The van der Waals surface area contributed by atoms with Crippen LogP contribution in [0.1, 0.15) is 28.8 Å². The molecule has 0 aliphatic heterocycles. The number of carboxylic acid groups (broad SMARTS) is 1. The molecular weight excluding hydrogens is 260 g/mol. The molecule has 6 nitrogen and oxygen atoms in total. The molecule has 0 saturated carbocycles. The molecule has 0 aromatic heterocycles. The number of unbranched alkanes of at least 4 members (excludes halogenated alkanes) is 1. The SMILES string of the molecule is COCCCCNC(=O)NCc1cccc(C(=O)O)c1. The predicted octanol–water partition coefficient (Wildman–Crippen LogP) is 1.61. The van der Waals surface area contributed by atoms with Crippen LogP contribution in [0, 0.1) is 0 Å². The molecule has 0 atom stereocenters. The maximum atomic E-state index is 11.5. The van der Waals surface area contributed by atoms with E-state index < -0.39 is 5.97 Å². The molecule has 6 heteroatoms. The normalized spacial score (nSPS) is 10.1. The fraction of sp³-hybridized carbons (Fsp3) is 0.429. The number of methoxy groups -OCH3 is 1. The molecule has 0 spiro atoms. The number of ether oxygens (including phenoxy) is 1. The Morgan fingerprint density at radius 1 is 1.25 bits per heavy atom. The van der Waals surface area contributed by atoms with Crippen LogP contribution < -0.4 is 10.6 Å². The fourth-order valence-corrected chi connectivity index (χ4v) is 1.63. The van der Waals surface area contributed by atoms with Crippen LogP contribution in [0.5, 0.6) is 0 Å². The number of rotatable bonds is 8. The van der Waals surface area contributed by atoms with Crippen LogP contribution in [0.3, 0.4) is 0 Å². The Hall–Kier alpha value is -2.08. The number of hydrogen-bond acceptors (Lipinski definition) is 3. The van der Waals surface area contributed by atoms with E-state index in [1.54, 1.807) is 25.3 Å². The molecule has 0 bridgehead atoms. The van der Waals surface area contributed by atoms with E-state index in [-0.39, 0.29) is 11.6 Å². The maximum absolute atomic E-state index is 11.5. The van der Waals surface area contributed by atoms with Crippen LogP contribution in [0.15, 0.2) is 24.3 Å². The number of carbonyl (C=O) groups excluding carboxylic acids is 1. The monoisotopic (exact) mass is 280 g/mol. The molecule has 1 rings (SSSR count). The van der Waals surface area contributed by atoms with E-state index in [1.165, 1.54) is 6.07 Å². The van der Waals surface area contributed by atoms with Crippen molar-refractivity contribution < 1.29 is 19.4 Å². The summed E-state index contributed by atoms with van der Waals surface area (Å²) in [4.78, 5) is 22.3. The van der Waals surface area contributed by atoms with Gasteiger partial charge in [-0.05, 0) is 30.5 Å². The van der Waals surface area contributed by atoms with E-state index in [9.17, 15) is 9.59 Å². The molecule has 1 aromatic rings. The van der Waals surface area contributed by atoms with Crippen LogP contribution in [0.25, 0.3) is 0 Å². The second-order valence-corrected chi connectivity index (χ2v) is 4.31. The lowest BCUT2D eigenvalue weighted by atomic mass is 10.1. The molecule has 0 aliphatic carbocycles. The summed E-state index contributed by atoms with van der Waals surface area (Å²) in [6, 6.07) is 6.22. The number of benzene rings is 1. The smallest absolute Gasteiger partial charge is 0.335 e. The number of nitrogens with one attached hydrogen (secondary N) is 2. The first-order chi connectivity index (χ1) is 9.63. The Kier molecular flexibility index (Phi) is 7.13. The van der Waals surface area contributed by atoms with Crippen molar-refractivity contribution in [1.29, 1.82) is 0 Å². The average molecular weight is 280 g/mol. The van der Waals surface area contributed by atoms with Crippen LogP contribution in [-0.2, 0) is 11.3 Å². The number of urea groups is 1. The van der Waals surface area contributed by atoms with Gasteiger partial charge in [-0.25, -0.2) is 9.59 Å². The minimum atomic E-state index is -0.977. The molecule has 3 N–H and O–H groups in total. The standard InChI is InChI=1S/C14H20N2O4/c1-20-8-3-2-7-15-14(19)16-10-11-5-4-6-12(9-11)13(17)18/h4-6,9H,2-3,7-8,10H2,1H3,(H,17,18)(H2,15,16,19). The summed E-state index contributed by atoms with van der Waals surface area (Å²) >= 11 is 0.